The number of nitrogens with one attached hydrogen (secondary N) is 1. The van der Waals surface area contributed by atoms with Gasteiger partial charge in [0.25, 0.3) is 0 Å². The number of carbonyl (C=O) groups excluding carboxylic acids is 2. The molecule has 0 bridgehead atoms. The minimum Gasteiger partial charge on any atom is -0.445 e. The fourth-order valence-corrected chi connectivity index (χ4v) is 5.00. The van der Waals surface area contributed by atoms with E-state index in [1.54, 1.807) is 0 Å². The van der Waals surface area contributed by atoms with E-state index in [2.05, 4.69) is 33.0 Å². The van der Waals surface area contributed by atoms with E-state index in [1.165, 1.54) is 0 Å². The normalized spacial score (nSPS) is 27.0. The van der Waals surface area contributed by atoms with Gasteiger partial charge in [0.15, 0.2) is 0 Å². The molecule has 1 saturated heterocycles. The van der Waals surface area contributed by atoms with Crippen LogP contribution in [0.2, 0.25) is 0 Å². The molecule has 5 unspecified atom stereocenters. The van der Waals surface area contributed by atoms with E-state index in [-0.39, 0.29) is 30.0 Å². The van der Waals surface area contributed by atoms with E-state index < -0.39 is 18.8 Å². The molecule has 34 heavy (non-hydrogen) atoms. The molecule has 1 aromatic rings. The highest BCUT2D eigenvalue weighted by Crippen LogP contribution is 2.51. The minimum absolute atomic E-state index is 0.00700. The Labute approximate surface area is 206 Å². The molecule has 6 nitrogen and oxygen atoms in total. The predicted molar refractivity (Wildman–Crippen MR) is 136 cm³/mol. The van der Waals surface area contributed by atoms with Crippen LogP contribution in [-0.4, -0.2) is 37.1 Å². The molecule has 0 radical (unpaired) electrons. The Balaban J connectivity index is 0.00000199. The summed E-state index contributed by atoms with van der Waals surface area (Å²) < 4.78 is 18.4. The molecule has 2 aliphatic rings. The molecule has 190 valence electrons. The van der Waals surface area contributed by atoms with Crippen molar-refractivity contribution in [1.82, 2.24) is 5.32 Å². The van der Waals surface area contributed by atoms with Crippen molar-refractivity contribution in [3.63, 3.8) is 0 Å². The third-order valence-corrected chi connectivity index (χ3v) is 7.70. The van der Waals surface area contributed by atoms with Gasteiger partial charge in [-0.15, -0.1) is 0 Å². The van der Waals surface area contributed by atoms with Crippen molar-refractivity contribution in [3.8, 4) is 0 Å². The largest absolute Gasteiger partial charge is 0.481 e. The van der Waals surface area contributed by atoms with Crippen LogP contribution in [0, 0.1) is 17.3 Å². The maximum atomic E-state index is 12.6. The summed E-state index contributed by atoms with van der Waals surface area (Å²) in [5.74, 6) is 0.206. The van der Waals surface area contributed by atoms with E-state index in [0.717, 1.165) is 31.1 Å². The quantitative estimate of drug-likeness (QED) is 0.353. The smallest absolute Gasteiger partial charge is 0.445 e. The maximum absolute atomic E-state index is 12.6. The first kappa shape index (κ1) is 28.4. The zero-order valence-corrected chi connectivity index (χ0v) is 22.1. The molecular weight excluding hydrogens is 429 g/mol. The van der Waals surface area contributed by atoms with Crippen molar-refractivity contribution in [2.24, 2.45) is 17.3 Å². The first-order valence-corrected chi connectivity index (χ1v) is 12.9. The monoisotopic (exact) mass is 473 g/mol. The van der Waals surface area contributed by atoms with Crippen LogP contribution in [0.1, 0.15) is 86.1 Å². The summed E-state index contributed by atoms with van der Waals surface area (Å²) in [6, 6.07) is 9.60. The first-order chi connectivity index (χ1) is 16.2. The molecule has 0 aromatic heterocycles. The van der Waals surface area contributed by atoms with Gasteiger partial charge in [0.2, 0.25) is 0 Å². The number of ether oxygens (including phenoxy) is 1. The second-order valence-corrected chi connectivity index (χ2v) is 10.4. The zero-order valence-electron chi connectivity index (χ0n) is 22.1. The van der Waals surface area contributed by atoms with Crippen LogP contribution >= 0.6 is 0 Å². The third-order valence-electron chi connectivity index (χ3n) is 7.70. The van der Waals surface area contributed by atoms with Gasteiger partial charge in [-0.25, -0.2) is 4.79 Å². The van der Waals surface area contributed by atoms with Gasteiger partial charge >= 0.3 is 13.2 Å². The average Bonchev–Trinajstić information content (AvgIpc) is 3.18. The molecule has 1 saturated carbocycles. The fraction of sp³-hybridized carbons (Fsp3) is 0.704. The summed E-state index contributed by atoms with van der Waals surface area (Å²) >= 11 is 0. The molecule has 1 heterocycles. The van der Waals surface area contributed by atoms with Crippen molar-refractivity contribution in [3.05, 3.63) is 35.9 Å². The number of carbonyl (C=O) groups is 2. The molecule has 1 N–H and O–H groups in total. The number of fused-ring (bicyclic) bond motifs is 1. The van der Waals surface area contributed by atoms with E-state index in [4.69, 9.17) is 14.0 Å². The second-order valence-electron chi connectivity index (χ2n) is 10.4. The average molecular weight is 473 g/mol. The van der Waals surface area contributed by atoms with Crippen molar-refractivity contribution >= 4 is 19.5 Å². The predicted octanol–water partition coefficient (Wildman–Crippen LogP) is 5.97. The molecule has 0 spiro atoms. The van der Waals surface area contributed by atoms with Gasteiger partial charge in [0.1, 0.15) is 12.9 Å². The highest BCUT2D eigenvalue weighted by molar-refractivity contribution is 6.47. The van der Waals surface area contributed by atoms with Gasteiger partial charge in [-0.05, 0) is 55.4 Å². The van der Waals surface area contributed by atoms with Crippen molar-refractivity contribution in [2.45, 2.75) is 105 Å². The van der Waals surface area contributed by atoms with E-state index in [9.17, 15) is 9.59 Å². The Hall–Kier alpha value is -1.86. The van der Waals surface area contributed by atoms with Gasteiger partial charge in [0.05, 0.1) is 17.6 Å². The van der Waals surface area contributed by atoms with Crippen LogP contribution in [-0.2, 0) is 25.4 Å². The SMILES string of the molecule is CC.CC(CC=O)CCC(NC(=O)OCc1ccccc1)B1OC2CCC(C)(C)C(C)C2(C)O1. The number of rotatable bonds is 9. The van der Waals surface area contributed by atoms with Crippen molar-refractivity contribution < 1.29 is 23.6 Å². The van der Waals surface area contributed by atoms with Gasteiger partial charge in [-0.3, -0.25) is 0 Å². The number of amides is 1. The van der Waals surface area contributed by atoms with Crippen molar-refractivity contribution in [1.29, 1.82) is 0 Å². The molecule has 2 fully saturated rings. The highest BCUT2D eigenvalue weighted by Gasteiger charge is 2.59. The molecular formula is C27H44BNO5. The number of alkyl carbamates (subject to hydrolysis) is 1. The molecule has 3 rings (SSSR count). The van der Waals surface area contributed by atoms with Crippen LogP contribution in [0.4, 0.5) is 4.79 Å². The summed E-state index contributed by atoms with van der Waals surface area (Å²) in [5, 5.41) is 2.99. The summed E-state index contributed by atoms with van der Waals surface area (Å²) in [7, 11) is -0.533. The Bertz CT molecular complexity index is 774. The number of benzene rings is 1. The van der Waals surface area contributed by atoms with Crippen LogP contribution in [0.5, 0.6) is 0 Å². The Morgan fingerprint density at radius 3 is 2.56 bits per heavy atom. The topological polar surface area (TPSA) is 73.9 Å². The summed E-state index contributed by atoms with van der Waals surface area (Å²) in [4.78, 5) is 23.5. The maximum Gasteiger partial charge on any atom is 0.481 e. The minimum atomic E-state index is -0.533. The standard InChI is InChI=1S/C25H38BNO5.C2H6/c1-18(14-16-28)11-12-22(27-23(29)30-17-20-9-7-6-8-10-20)26-31-21-13-15-24(3,4)19(2)25(21,5)32-26;1-2/h6-10,16,18-19,21-22H,11-15,17H2,1-5H3,(H,27,29);1-2H3. The van der Waals surface area contributed by atoms with Crippen LogP contribution in [0.15, 0.2) is 30.3 Å². The molecule has 1 aliphatic heterocycles. The van der Waals surface area contributed by atoms with Gasteiger partial charge in [-0.2, -0.15) is 0 Å². The lowest BCUT2D eigenvalue weighted by Gasteiger charge is -2.49. The lowest BCUT2D eigenvalue weighted by Crippen LogP contribution is -2.53. The third kappa shape index (κ3) is 7.08. The summed E-state index contributed by atoms with van der Waals surface area (Å²) in [6.07, 6.45) is 4.44. The lowest BCUT2D eigenvalue weighted by molar-refractivity contribution is -0.108. The highest BCUT2D eigenvalue weighted by atomic mass is 16.7. The van der Waals surface area contributed by atoms with Crippen molar-refractivity contribution in [2.75, 3.05) is 0 Å². The van der Waals surface area contributed by atoms with Crippen LogP contribution < -0.4 is 5.32 Å². The number of hydrogen-bond acceptors (Lipinski definition) is 5. The first-order valence-electron chi connectivity index (χ1n) is 12.9. The lowest BCUT2D eigenvalue weighted by atomic mass is 9.61. The second kappa shape index (κ2) is 12.7. The van der Waals surface area contributed by atoms with Crippen LogP contribution in [0.25, 0.3) is 0 Å². The van der Waals surface area contributed by atoms with Gasteiger partial charge in [-0.1, -0.05) is 71.9 Å². The molecule has 7 heteroatoms. The summed E-state index contributed by atoms with van der Waals surface area (Å²) in [6.45, 7) is 15.2. The molecule has 5 atom stereocenters. The zero-order chi connectivity index (χ0) is 25.4. The Morgan fingerprint density at radius 2 is 1.91 bits per heavy atom. The van der Waals surface area contributed by atoms with E-state index >= 15 is 0 Å². The number of hydrogen-bond donors (Lipinski definition) is 1. The van der Waals surface area contributed by atoms with Crippen LogP contribution in [0.3, 0.4) is 0 Å². The molecule has 1 aromatic carbocycles. The summed E-state index contributed by atoms with van der Waals surface area (Å²) in [5.41, 5.74) is 0.704. The molecule has 1 aliphatic carbocycles. The Kier molecular flexibility index (Phi) is 10.6. The van der Waals surface area contributed by atoms with Gasteiger partial charge < -0.3 is 24.2 Å². The van der Waals surface area contributed by atoms with E-state index in [0.29, 0.717) is 18.8 Å². The fourth-order valence-electron chi connectivity index (χ4n) is 5.00. The molecule has 1 amide bonds. The Morgan fingerprint density at radius 1 is 1.24 bits per heavy atom. The number of aldehydes is 1. The van der Waals surface area contributed by atoms with E-state index in [1.807, 2.05) is 51.1 Å². The van der Waals surface area contributed by atoms with Gasteiger partial charge in [0, 0.05) is 6.42 Å².